The number of hydrogen-bond donors (Lipinski definition) is 1. The second-order valence-corrected chi connectivity index (χ2v) is 7.48. The van der Waals surface area contributed by atoms with E-state index < -0.39 is 18.4 Å². The standard InChI is InChI=1S/C26H29FN2O3/c27-25-15-14-22(17-28-25)19-29(18-21-9-3-1-4-10-21)20-23-11-6-7-12-24(23)32-16-8-2-5-13-26(30)31/h1,3-4,6-7,9-12,14-15,17H,2,5,8,13,16,18-20H2,(H,30,31)/i18D2. The molecular weight excluding hydrogens is 407 g/mol. The lowest BCUT2D eigenvalue weighted by molar-refractivity contribution is -0.137. The van der Waals surface area contributed by atoms with Gasteiger partial charge in [-0.1, -0.05) is 54.6 Å². The van der Waals surface area contributed by atoms with Crippen LogP contribution in [0.15, 0.2) is 72.9 Å². The molecular formula is C26H29FN2O3. The highest BCUT2D eigenvalue weighted by atomic mass is 19.1. The molecule has 2 aromatic carbocycles. The average molecular weight is 439 g/mol. The van der Waals surface area contributed by atoms with Gasteiger partial charge < -0.3 is 9.84 Å². The van der Waals surface area contributed by atoms with Crippen molar-refractivity contribution in [3.8, 4) is 5.75 Å². The number of rotatable bonds is 13. The van der Waals surface area contributed by atoms with E-state index in [0.717, 1.165) is 18.4 Å². The molecule has 3 rings (SSSR count). The third-order valence-corrected chi connectivity index (χ3v) is 4.85. The first kappa shape index (κ1) is 20.6. The number of halogens is 1. The largest absolute Gasteiger partial charge is 0.493 e. The van der Waals surface area contributed by atoms with E-state index in [4.69, 9.17) is 12.6 Å². The number of para-hydroxylation sites is 1. The minimum absolute atomic E-state index is 0.151. The van der Waals surface area contributed by atoms with Gasteiger partial charge in [0.25, 0.3) is 0 Å². The van der Waals surface area contributed by atoms with E-state index in [9.17, 15) is 9.18 Å². The fraction of sp³-hybridized carbons (Fsp3) is 0.308. The molecule has 32 heavy (non-hydrogen) atoms. The Hall–Kier alpha value is -3.25. The number of ether oxygens (including phenoxy) is 1. The third-order valence-electron chi connectivity index (χ3n) is 4.85. The van der Waals surface area contributed by atoms with Crippen molar-refractivity contribution in [3.63, 3.8) is 0 Å². The number of benzene rings is 2. The van der Waals surface area contributed by atoms with Crippen molar-refractivity contribution in [3.05, 3.63) is 95.6 Å². The Morgan fingerprint density at radius 1 is 0.969 bits per heavy atom. The van der Waals surface area contributed by atoms with Gasteiger partial charge >= 0.3 is 5.97 Å². The summed E-state index contributed by atoms with van der Waals surface area (Å²) in [5.74, 6) is -0.717. The minimum atomic E-state index is -1.81. The number of nitrogens with zero attached hydrogens (tertiary/aromatic N) is 2. The third kappa shape index (κ3) is 8.12. The summed E-state index contributed by atoms with van der Waals surface area (Å²) < 4.78 is 37.1. The molecule has 0 aliphatic rings. The first-order valence-electron chi connectivity index (χ1n) is 11.7. The first-order chi connectivity index (χ1) is 16.4. The highest BCUT2D eigenvalue weighted by Gasteiger charge is 2.12. The summed E-state index contributed by atoms with van der Waals surface area (Å²) in [6.07, 6.45) is 3.67. The molecule has 0 unspecified atom stereocenters. The molecule has 0 aliphatic heterocycles. The zero-order valence-corrected chi connectivity index (χ0v) is 17.9. The number of unbranched alkanes of at least 4 members (excludes halogenated alkanes) is 2. The highest BCUT2D eigenvalue weighted by molar-refractivity contribution is 5.66. The molecule has 0 saturated carbocycles. The summed E-state index contributed by atoms with van der Waals surface area (Å²) in [7, 11) is 0. The molecule has 0 atom stereocenters. The number of aromatic nitrogens is 1. The smallest absolute Gasteiger partial charge is 0.303 e. The van der Waals surface area contributed by atoms with Crippen LogP contribution in [0.25, 0.3) is 0 Å². The SMILES string of the molecule is [2H]C([2H])(c1ccccc1)N(Cc1ccc(F)nc1)Cc1ccccc1OCCCCCC(=O)O. The zero-order chi connectivity index (χ0) is 24.4. The summed E-state index contributed by atoms with van der Waals surface area (Å²) >= 11 is 0. The maximum atomic E-state index is 13.3. The van der Waals surface area contributed by atoms with E-state index in [0.29, 0.717) is 29.9 Å². The van der Waals surface area contributed by atoms with Gasteiger partial charge in [0.1, 0.15) is 5.75 Å². The Bertz CT molecular complexity index is 1050. The first-order valence-corrected chi connectivity index (χ1v) is 10.7. The molecule has 0 bridgehead atoms. The Kier molecular flexibility index (Phi) is 8.11. The van der Waals surface area contributed by atoms with Crippen LogP contribution in [0.5, 0.6) is 5.75 Å². The van der Waals surface area contributed by atoms with Crippen molar-refractivity contribution in [2.24, 2.45) is 0 Å². The predicted molar refractivity (Wildman–Crippen MR) is 122 cm³/mol. The average Bonchev–Trinajstić information content (AvgIpc) is 2.83. The van der Waals surface area contributed by atoms with Crippen molar-refractivity contribution in [2.75, 3.05) is 6.61 Å². The van der Waals surface area contributed by atoms with Crippen LogP contribution in [0.3, 0.4) is 0 Å². The summed E-state index contributed by atoms with van der Waals surface area (Å²) in [5, 5.41) is 8.75. The molecule has 0 radical (unpaired) electrons. The van der Waals surface area contributed by atoms with E-state index in [1.807, 2.05) is 30.3 Å². The summed E-state index contributed by atoms with van der Waals surface area (Å²) in [5.41, 5.74) is 2.03. The van der Waals surface area contributed by atoms with Crippen LogP contribution in [0, 0.1) is 5.95 Å². The van der Waals surface area contributed by atoms with Gasteiger partial charge in [-0.25, -0.2) is 4.98 Å². The maximum Gasteiger partial charge on any atom is 0.303 e. The summed E-state index contributed by atoms with van der Waals surface area (Å²) in [4.78, 5) is 16.0. The Morgan fingerprint density at radius 3 is 2.50 bits per heavy atom. The van der Waals surface area contributed by atoms with Crippen LogP contribution in [0.1, 0.15) is 45.1 Å². The Morgan fingerprint density at radius 2 is 1.75 bits per heavy atom. The second kappa shape index (κ2) is 12.6. The molecule has 0 saturated heterocycles. The molecule has 5 nitrogen and oxygen atoms in total. The molecule has 1 aromatic heterocycles. The summed E-state index contributed by atoms with van der Waals surface area (Å²) in [6.45, 7) is -0.878. The van der Waals surface area contributed by atoms with Gasteiger partial charge in [0, 0.05) is 40.5 Å². The fourth-order valence-electron chi connectivity index (χ4n) is 3.27. The molecule has 168 valence electrons. The summed E-state index contributed by atoms with van der Waals surface area (Å²) in [6, 6.07) is 19.3. The van der Waals surface area contributed by atoms with Gasteiger partial charge in [0.2, 0.25) is 5.95 Å². The van der Waals surface area contributed by atoms with Gasteiger partial charge in [-0.15, -0.1) is 0 Å². The quantitative estimate of drug-likeness (QED) is 0.284. The topological polar surface area (TPSA) is 62.7 Å². The number of carboxylic acid groups (broad SMARTS) is 1. The van der Waals surface area contributed by atoms with Crippen molar-refractivity contribution in [1.29, 1.82) is 0 Å². The van der Waals surface area contributed by atoms with E-state index in [2.05, 4.69) is 4.98 Å². The predicted octanol–water partition coefficient (Wildman–Crippen LogP) is 5.45. The van der Waals surface area contributed by atoms with Crippen LogP contribution in [-0.2, 0) is 24.4 Å². The van der Waals surface area contributed by atoms with E-state index in [1.165, 1.54) is 12.3 Å². The lowest BCUT2D eigenvalue weighted by Gasteiger charge is -2.24. The van der Waals surface area contributed by atoms with E-state index in [1.54, 1.807) is 35.2 Å². The van der Waals surface area contributed by atoms with Crippen molar-refractivity contribution >= 4 is 5.97 Å². The molecule has 1 heterocycles. The van der Waals surface area contributed by atoms with Gasteiger partial charge in [-0.05, 0) is 42.5 Å². The molecule has 0 spiro atoms. The molecule has 3 aromatic rings. The van der Waals surface area contributed by atoms with Gasteiger partial charge in [0.05, 0.1) is 6.61 Å². The molecule has 1 N–H and O–H groups in total. The number of carboxylic acids is 1. The zero-order valence-electron chi connectivity index (χ0n) is 19.9. The van der Waals surface area contributed by atoms with Gasteiger partial charge in [0.15, 0.2) is 0 Å². The van der Waals surface area contributed by atoms with Crippen LogP contribution in [-0.4, -0.2) is 27.6 Å². The Balaban J connectivity index is 1.77. The molecule has 0 fully saturated rings. The van der Waals surface area contributed by atoms with Crippen molar-refractivity contribution < 1.29 is 21.8 Å². The number of pyridine rings is 1. The van der Waals surface area contributed by atoms with Crippen LogP contribution in [0.2, 0.25) is 0 Å². The number of hydrogen-bond acceptors (Lipinski definition) is 4. The minimum Gasteiger partial charge on any atom is -0.493 e. The van der Waals surface area contributed by atoms with Crippen LogP contribution in [0.4, 0.5) is 4.39 Å². The van der Waals surface area contributed by atoms with Gasteiger partial charge in [-0.2, -0.15) is 4.39 Å². The van der Waals surface area contributed by atoms with Gasteiger partial charge in [-0.3, -0.25) is 9.69 Å². The lowest BCUT2D eigenvalue weighted by atomic mass is 10.1. The van der Waals surface area contributed by atoms with Crippen molar-refractivity contribution in [2.45, 2.75) is 45.3 Å². The molecule has 0 amide bonds. The van der Waals surface area contributed by atoms with E-state index in [-0.39, 0.29) is 19.5 Å². The number of carbonyl (C=O) groups is 1. The van der Waals surface area contributed by atoms with Crippen LogP contribution >= 0.6 is 0 Å². The number of aliphatic carboxylic acids is 1. The highest BCUT2D eigenvalue weighted by Crippen LogP contribution is 2.22. The van der Waals surface area contributed by atoms with Crippen LogP contribution < -0.4 is 4.74 Å². The lowest BCUT2D eigenvalue weighted by Crippen LogP contribution is -2.23. The van der Waals surface area contributed by atoms with Crippen molar-refractivity contribution in [1.82, 2.24) is 9.88 Å². The molecule has 0 aliphatic carbocycles. The second-order valence-electron chi connectivity index (χ2n) is 7.48. The maximum absolute atomic E-state index is 13.3. The Labute approximate surface area is 191 Å². The van der Waals surface area contributed by atoms with E-state index >= 15 is 0 Å². The fourth-order valence-corrected chi connectivity index (χ4v) is 3.27. The normalized spacial score (nSPS) is 12.3. The monoisotopic (exact) mass is 438 g/mol. The molecule has 6 heteroatoms.